The van der Waals surface area contributed by atoms with Gasteiger partial charge in [0.2, 0.25) is 5.88 Å². The van der Waals surface area contributed by atoms with Crippen molar-refractivity contribution in [2.75, 3.05) is 18.5 Å². The Morgan fingerprint density at radius 2 is 1.86 bits per heavy atom. The normalized spacial score (nSPS) is 20.9. The fourth-order valence-electron chi connectivity index (χ4n) is 7.52. The zero-order valence-electron chi connectivity index (χ0n) is 28.4. The topological polar surface area (TPSA) is 140 Å². The predicted molar refractivity (Wildman–Crippen MR) is 192 cm³/mol. The zero-order chi connectivity index (χ0) is 34.9. The van der Waals surface area contributed by atoms with Gasteiger partial charge in [-0.05, 0) is 119 Å². The Kier molecular flexibility index (Phi) is 9.62. The van der Waals surface area contributed by atoms with Crippen molar-refractivity contribution in [3.8, 4) is 11.7 Å². The summed E-state index contributed by atoms with van der Waals surface area (Å²) in [6, 6.07) is 19.4. The van der Waals surface area contributed by atoms with Crippen LogP contribution in [0.2, 0.25) is 5.15 Å². The molecule has 1 saturated heterocycles. The largest absolute Gasteiger partial charge is 0.477 e. The van der Waals surface area contributed by atoms with E-state index in [1.165, 1.54) is 42.5 Å². The molecule has 2 saturated carbocycles. The van der Waals surface area contributed by atoms with E-state index in [9.17, 15) is 13.2 Å². The van der Waals surface area contributed by atoms with Crippen LogP contribution >= 0.6 is 11.6 Å². The molecule has 1 aliphatic heterocycles. The molecule has 2 aliphatic carbocycles. The number of pyridine rings is 2. The van der Waals surface area contributed by atoms with Crippen LogP contribution in [-0.4, -0.2) is 52.8 Å². The standard InChI is InChI=1S/C37H44ClN7O4S/c1-36(2)23-25(24-39-36)11-13-29(26-7-4-3-5-8-26)40-30-9-6-10-33(41-30)50(47,48)44-35(46)28-12-14-31(42-34(28)38)45-21-16-32(43-45)49-22-17-27-15-18-37(27)19-20-37/h3-10,12,14,16,21,25,27,29,39H,11,13,15,17-20,22-24H2,1-2H3,(H,40,41)(H,44,46)/t25-,27?,29?/m0/s1. The maximum atomic E-state index is 13.4. The average Bonchev–Trinajstić information content (AvgIpc) is 3.68. The van der Waals surface area contributed by atoms with Gasteiger partial charge in [0.05, 0.1) is 18.2 Å². The number of carbonyl (C=O) groups excluding carboxylic acids is 1. The fraction of sp³-hybridized carbons (Fsp3) is 0.459. The molecule has 1 spiro atoms. The number of carbonyl (C=O) groups is 1. The van der Waals surface area contributed by atoms with Crippen LogP contribution in [0.3, 0.4) is 0 Å². The summed E-state index contributed by atoms with van der Waals surface area (Å²) in [5, 5.41) is 11.0. The molecule has 3 N–H and O–H groups in total. The van der Waals surface area contributed by atoms with Gasteiger partial charge in [-0.25, -0.2) is 19.4 Å². The molecule has 0 bridgehead atoms. The number of benzene rings is 1. The average molecular weight is 718 g/mol. The third-order valence-corrected chi connectivity index (χ3v) is 12.1. The van der Waals surface area contributed by atoms with E-state index in [0.29, 0.717) is 35.5 Å². The van der Waals surface area contributed by atoms with Gasteiger partial charge in [0.1, 0.15) is 11.0 Å². The van der Waals surface area contributed by atoms with Gasteiger partial charge < -0.3 is 15.4 Å². The Hall–Kier alpha value is -4.00. The van der Waals surface area contributed by atoms with Crippen LogP contribution in [0, 0.1) is 17.3 Å². The van der Waals surface area contributed by atoms with E-state index in [-0.39, 0.29) is 27.3 Å². The summed E-state index contributed by atoms with van der Waals surface area (Å²) in [7, 11) is -4.34. The minimum Gasteiger partial charge on any atom is -0.477 e. The molecule has 4 aromatic rings. The fourth-order valence-corrected chi connectivity index (χ4v) is 8.69. The molecule has 1 aromatic carbocycles. The lowest BCUT2D eigenvalue weighted by atomic mass is 9.69. The molecular formula is C37H44ClN7O4S. The molecule has 50 heavy (non-hydrogen) atoms. The summed E-state index contributed by atoms with van der Waals surface area (Å²) in [4.78, 5) is 21.8. The summed E-state index contributed by atoms with van der Waals surface area (Å²) < 4.78 is 36.2. The molecule has 3 aliphatic rings. The lowest BCUT2D eigenvalue weighted by molar-refractivity contribution is 0.0981. The van der Waals surface area contributed by atoms with E-state index in [2.05, 4.69) is 56.4 Å². The molecule has 3 atom stereocenters. The summed E-state index contributed by atoms with van der Waals surface area (Å²) in [6.07, 6.45) is 11.0. The number of sulfonamides is 1. The molecule has 13 heteroatoms. The van der Waals surface area contributed by atoms with Crippen molar-refractivity contribution >= 4 is 33.3 Å². The second kappa shape index (κ2) is 14.0. The maximum absolute atomic E-state index is 13.4. The van der Waals surface area contributed by atoms with Gasteiger partial charge >= 0.3 is 0 Å². The molecule has 0 radical (unpaired) electrons. The summed E-state index contributed by atoms with van der Waals surface area (Å²) in [5.41, 5.74) is 1.73. The minimum atomic E-state index is -4.34. The SMILES string of the molecule is CC1(C)C[C@H](CCC(Nc2cccc(S(=O)(=O)NC(=O)c3ccc(-n4ccc(OCCC5CCC56CC6)n4)nc3Cl)n2)c2ccccc2)CN1. The number of amides is 1. The number of hydrogen-bond donors (Lipinski definition) is 3. The smallest absolute Gasteiger partial charge is 0.281 e. The number of ether oxygens (including phenoxy) is 1. The predicted octanol–water partition coefficient (Wildman–Crippen LogP) is 6.72. The second-order valence-corrected chi connectivity index (χ2v) is 16.6. The van der Waals surface area contributed by atoms with Crippen LogP contribution in [0.4, 0.5) is 5.82 Å². The van der Waals surface area contributed by atoms with Gasteiger partial charge in [-0.2, -0.15) is 8.42 Å². The highest BCUT2D eigenvalue weighted by molar-refractivity contribution is 7.90. The molecule has 7 rings (SSSR count). The van der Waals surface area contributed by atoms with E-state index in [4.69, 9.17) is 16.3 Å². The van der Waals surface area contributed by atoms with Crippen molar-refractivity contribution in [2.24, 2.45) is 17.3 Å². The maximum Gasteiger partial charge on any atom is 0.281 e. The number of rotatable bonds is 14. The van der Waals surface area contributed by atoms with E-state index < -0.39 is 15.9 Å². The number of anilines is 1. The van der Waals surface area contributed by atoms with Crippen molar-refractivity contribution in [3.63, 3.8) is 0 Å². The van der Waals surface area contributed by atoms with Crippen molar-refractivity contribution in [1.29, 1.82) is 0 Å². The van der Waals surface area contributed by atoms with Crippen LogP contribution < -0.4 is 20.1 Å². The van der Waals surface area contributed by atoms with E-state index in [0.717, 1.165) is 43.7 Å². The van der Waals surface area contributed by atoms with E-state index in [1.54, 1.807) is 30.5 Å². The number of nitrogens with one attached hydrogen (secondary N) is 3. The highest BCUT2D eigenvalue weighted by Crippen LogP contribution is 2.65. The second-order valence-electron chi connectivity index (χ2n) is 14.7. The van der Waals surface area contributed by atoms with Crippen LogP contribution in [0.1, 0.15) is 87.2 Å². The van der Waals surface area contributed by atoms with E-state index in [1.807, 2.05) is 18.2 Å². The number of nitrogens with zero attached hydrogens (tertiary/aromatic N) is 4. The van der Waals surface area contributed by atoms with Crippen LogP contribution in [0.25, 0.3) is 5.82 Å². The van der Waals surface area contributed by atoms with E-state index >= 15 is 0 Å². The summed E-state index contributed by atoms with van der Waals surface area (Å²) in [6.45, 7) is 6.03. The number of halogens is 1. The minimum absolute atomic E-state index is 0.0806. The first-order valence-corrected chi connectivity index (χ1v) is 19.3. The Labute approximate surface area is 298 Å². The van der Waals surface area contributed by atoms with Crippen LogP contribution in [0.15, 0.2) is 78.0 Å². The summed E-state index contributed by atoms with van der Waals surface area (Å²) >= 11 is 6.39. The molecule has 2 unspecified atom stereocenters. The highest BCUT2D eigenvalue weighted by atomic mass is 35.5. The van der Waals surface area contributed by atoms with Gasteiger partial charge in [0.15, 0.2) is 10.8 Å². The molecule has 3 fully saturated rings. The first-order valence-electron chi connectivity index (χ1n) is 17.4. The van der Waals surface area contributed by atoms with Crippen molar-refractivity contribution in [2.45, 2.75) is 81.8 Å². The lowest BCUT2D eigenvalue weighted by Gasteiger charge is -2.37. The number of hydrogen-bond acceptors (Lipinski definition) is 9. The third-order valence-electron chi connectivity index (χ3n) is 10.6. The quantitative estimate of drug-likeness (QED) is 0.121. The Morgan fingerprint density at radius 3 is 2.56 bits per heavy atom. The molecule has 4 heterocycles. The van der Waals surface area contributed by atoms with Crippen LogP contribution in [0.5, 0.6) is 5.88 Å². The highest BCUT2D eigenvalue weighted by Gasteiger charge is 2.54. The van der Waals surface area contributed by atoms with Gasteiger partial charge in [-0.3, -0.25) is 4.79 Å². The van der Waals surface area contributed by atoms with Gasteiger partial charge in [-0.1, -0.05) is 48.0 Å². The molecule has 11 nitrogen and oxygen atoms in total. The van der Waals surface area contributed by atoms with Crippen molar-refractivity contribution in [3.05, 3.63) is 89.2 Å². The summed E-state index contributed by atoms with van der Waals surface area (Å²) in [5.74, 6) is 1.63. The first kappa shape index (κ1) is 34.4. The third kappa shape index (κ3) is 7.82. The van der Waals surface area contributed by atoms with Gasteiger partial charge in [0.25, 0.3) is 15.9 Å². The van der Waals surface area contributed by atoms with Crippen LogP contribution in [-0.2, 0) is 10.0 Å². The van der Waals surface area contributed by atoms with Crippen molar-refractivity contribution in [1.82, 2.24) is 29.8 Å². The lowest BCUT2D eigenvalue weighted by Crippen LogP contribution is -2.31. The molecule has 1 amide bonds. The Morgan fingerprint density at radius 1 is 1.04 bits per heavy atom. The molecule has 3 aromatic heterocycles. The Balaban J connectivity index is 0.978. The van der Waals surface area contributed by atoms with Crippen molar-refractivity contribution < 1.29 is 17.9 Å². The molecular weight excluding hydrogens is 674 g/mol. The van der Waals surface area contributed by atoms with Gasteiger partial charge in [0, 0.05) is 17.8 Å². The molecule has 264 valence electrons. The monoisotopic (exact) mass is 717 g/mol. The zero-order valence-corrected chi connectivity index (χ0v) is 30.0. The number of aromatic nitrogens is 4. The Bertz CT molecular complexity index is 1950. The van der Waals surface area contributed by atoms with Gasteiger partial charge in [-0.15, -0.1) is 5.10 Å². The first-order chi connectivity index (χ1) is 24.0.